The van der Waals surface area contributed by atoms with Crippen LogP contribution in [0.3, 0.4) is 0 Å². The molecule has 1 amide bonds. The topological polar surface area (TPSA) is 51.1 Å². The van der Waals surface area contributed by atoms with Crippen molar-refractivity contribution in [2.75, 3.05) is 32.2 Å². The van der Waals surface area contributed by atoms with Crippen LogP contribution in [0.15, 0.2) is 71.7 Å². The van der Waals surface area contributed by atoms with Crippen molar-refractivity contribution in [2.45, 2.75) is 6.92 Å². The minimum absolute atomic E-state index is 0.0399. The second-order valence-electron chi connectivity index (χ2n) is 6.97. The molecule has 0 spiro atoms. The molecule has 0 saturated heterocycles. The van der Waals surface area contributed by atoms with Gasteiger partial charge in [0, 0.05) is 23.7 Å². The molecule has 1 heterocycles. The second-order valence-corrected chi connectivity index (χ2v) is 6.97. The Labute approximate surface area is 176 Å². The summed E-state index contributed by atoms with van der Waals surface area (Å²) in [6.45, 7) is 2.61. The molecule has 0 bridgehead atoms. The van der Waals surface area contributed by atoms with Crippen LogP contribution in [0, 0.1) is 0 Å². The van der Waals surface area contributed by atoms with E-state index < -0.39 is 0 Å². The lowest BCUT2D eigenvalue weighted by Gasteiger charge is -2.23. The Morgan fingerprint density at radius 2 is 1.47 bits per heavy atom. The highest BCUT2D eigenvalue weighted by Gasteiger charge is 2.26. The normalized spacial score (nSPS) is 13.4. The summed E-state index contributed by atoms with van der Waals surface area (Å²) in [6, 6.07) is 22.3. The first-order valence-electron chi connectivity index (χ1n) is 9.93. The molecule has 0 fully saturated rings. The van der Waals surface area contributed by atoms with E-state index >= 15 is 0 Å². The number of carbonyl (C=O) groups excluding carboxylic acids is 1. The van der Waals surface area contributed by atoms with Gasteiger partial charge in [0.25, 0.3) is 0 Å². The Morgan fingerprint density at radius 3 is 2.10 bits per heavy atom. The molecule has 0 radical (unpaired) electrons. The number of benzodiazepines with no additional fused rings is 1. The van der Waals surface area contributed by atoms with Crippen LogP contribution in [0.1, 0.15) is 18.1 Å². The first-order chi connectivity index (χ1) is 14.7. The molecule has 0 unspecified atom stereocenters. The van der Waals surface area contributed by atoms with E-state index in [1.165, 1.54) is 0 Å². The molecule has 5 heteroatoms. The van der Waals surface area contributed by atoms with Gasteiger partial charge in [-0.25, -0.2) is 0 Å². The number of amides is 1. The maximum absolute atomic E-state index is 12.7. The van der Waals surface area contributed by atoms with E-state index in [9.17, 15) is 4.79 Å². The Bertz CT molecular complexity index is 1090. The highest BCUT2D eigenvalue weighted by molar-refractivity contribution is 6.20. The fraction of sp³-hybridized carbons (Fsp3) is 0.200. The van der Waals surface area contributed by atoms with Gasteiger partial charge in [0.15, 0.2) is 11.5 Å². The van der Waals surface area contributed by atoms with E-state index in [1.54, 1.807) is 19.1 Å². The molecule has 0 aromatic heterocycles. The summed E-state index contributed by atoms with van der Waals surface area (Å²) >= 11 is 0. The zero-order chi connectivity index (χ0) is 21.1. The molecule has 1 aliphatic rings. The molecular formula is C25H24N2O3. The summed E-state index contributed by atoms with van der Waals surface area (Å²) in [4.78, 5) is 19.1. The molecular weight excluding hydrogens is 376 g/mol. The minimum Gasteiger partial charge on any atom is -0.493 e. The molecule has 4 rings (SSSR count). The highest BCUT2D eigenvalue weighted by Crippen LogP contribution is 2.37. The summed E-state index contributed by atoms with van der Waals surface area (Å²) in [6.07, 6.45) is 0. The van der Waals surface area contributed by atoms with Crippen LogP contribution in [0.2, 0.25) is 0 Å². The minimum atomic E-state index is -0.0399. The molecule has 30 heavy (non-hydrogen) atoms. The van der Waals surface area contributed by atoms with Crippen molar-refractivity contribution in [1.29, 1.82) is 0 Å². The van der Waals surface area contributed by atoms with Crippen molar-refractivity contribution in [2.24, 2.45) is 4.99 Å². The largest absolute Gasteiger partial charge is 0.493 e. The molecule has 0 atom stereocenters. The van der Waals surface area contributed by atoms with Crippen molar-refractivity contribution in [1.82, 2.24) is 0 Å². The van der Waals surface area contributed by atoms with E-state index in [2.05, 4.69) is 29.3 Å². The first kappa shape index (κ1) is 19.7. The number of aliphatic imine (C=N–C) groups is 1. The van der Waals surface area contributed by atoms with Gasteiger partial charge in [-0.05, 0) is 24.1 Å². The number of likely N-dealkylation sites (N-methyl/N-ethyl adjacent to an activating group) is 1. The lowest BCUT2D eigenvalue weighted by atomic mass is 9.97. The van der Waals surface area contributed by atoms with Gasteiger partial charge in [0.1, 0.15) is 6.54 Å². The third kappa shape index (κ3) is 3.54. The Morgan fingerprint density at radius 1 is 0.867 bits per heavy atom. The van der Waals surface area contributed by atoms with Crippen molar-refractivity contribution in [3.63, 3.8) is 0 Å². The van der Waals surface area contributed by atoms with Gasteiger partial charge in [-0.2, -0.15) is 0 Å². The third-order valence-corrected chi connectivity index (χ3v) is 5.30. The van der Waals surface area contributed by atoms with E-state index in [4.69, 9.17) is 9.47 Å². The molecule has 152 valence electrons. The SMILES string of the molecule is CCN1C(=O)CN=C(c2ccc(-c3ccccc3)cc2)c2cc(OC)c(OC)cc21. The number of hydrogen-bond acceptors (Lipinski definition) is 4. The van der Waals surface area contributed by atoms with Crippen molar-refractivity contribution >= 4 is 17.3 Å². The number of ether oxygens (including phenoxy) is 2. The Kier molecular flexibility index (Phi) is 5.53. The van der Waals surface area contributed by atoms with Crippen LogP contribution in [-0.4, -0.2) is 38.9 Å². The van der Waals surface area contributed by atoms with Gasteiger partial charge in [-0.15, -0.1) is 0 Å². The van der Waals surface area contributed by atoms with Gasteiger partial charge in [0.05, 0.1) is 25.6 Å². The number of benzene rings is 3. The Balaban J connectivity index is 1.83. The van der Waals surface area contributed by atoms with Gasteiger partial charge >= 0.3 is 0 Å². The van der Waals surface area contributed by atoms with Crippen LogP contribution in [0.5, 0.6) is 11.5 Å². The standard InChI is InChI=1S/C25H24N2O3/c1-4-27-21-15-23(30-3)22(29-2)14-20(21)25(26-16-24(27)28)19-12-10-18(11-13-19)17-8-6-5-7-9-17/h5-15H,4,16H2,1-3H3. The van der Waals surface area contributed by atoms with Gasteiger partial charge in [-0.3, -0.25) is 9.79 Å². The molecule has 0 aliphatic carbocycles. The lowest BCUT2D eigenvalue weighted by Crippen LogP contribution is -2.32. The zero-order valence-electron chi connectivity index (χ0n) is 17.4. The molecule has 3 aromatic rings. The van der Waals surface area contributed by atoms with E-state index in [1.807, 2.05) is 49.4 Å². The zero-order valence-corrected chi connectivity index (χ0v) is 17.4. The van der Waals surface area contributed by atoms with Crippen molar-refractivity contribution in [3.8, 4) is 22.6 Å². The second kappa shape index (κ2) is 8.41. The molecule has 3 aromatic carbocycles. The van der Waals surface area contributed by atoms with Gasteiger partial charge in [0.2, 0.25) is 5.91 Å². The number of hydrogen-bond donors (Lipinski definition) is 0. The number of methoxy groups -OCH3 is 2. The quantitative estimate of drug-likeness (QED) is 0.630. The van der Waals surface area contributed by atoms with Gasteiger partial charge in [-0.1, -0.05) is 54.6 Å². The predicted octanol–water partition coefficient (Wildman–Crippen LogP) is 4.57. The summed E-state index contributed by atoms with van der Waals surface area (Å²) in [5.41, 5.74) is 5.65. The monoisotopic (exact) mass is 400 g/mol. The lowest BCUT2D eigenvalue weighted by molar-refractivity contribution is -0.117. The van der Waals surface area contributed by atoms with Crippen molar-refractivity contribution in [3.05, 3.63) is 77.9 Å². The van der Waals surface area contributed by atoms with E-state index in [-0.39, 0.29) is 12.5 Å². The first-order valence-corrected chi connectivity index (χ1v) is 9.93. The number of carbonyl (C=O) groups is 1. The summed E-state index contributed by atoms with van der Waals surface area (Å²) in [5, 5.41) is 0. The third-order valence-electron chi connectivity index (χ3n) is 5.30. The fourth-order valence-electron chi connectivity index (χ4n) is 3.78. The molecule has 5 nitrogen and oxygen atoms in total. The van der Waals surface area contributed by atoms with Gasteiger partial charge < -0.3 is 14.4 Å². The van der Waals surface area contributed by atoms with Crippen molar-refractivity contribution < 1.29 is 14.3 Å². The predicted molar refractivity (Wildman–Crippen MR) is 120 cm³/mol. The Hall–Kier alpha value is -3.60. The average Bonchev–Trinajstić information content (AvgIpc) is 2.94. The summed E-state index contributed by atoms with van der Waals surface area (Å²) in [7, 11) is 3.20. The number of rotatable bonds is 5. The molecule has 0 N–H and O–H groups in total. The smallest absolute Gasteiger partial charge is 0.248 e. The maximum Gasteiger partial charge on any atom is 0.248 e. The molecule has 0 saturated carbocycles. The summed E-state index contributed by atoms with van der Waals surface area (Å²) in [5.74, 6) is 1.15. The van der Waals surface area contributed by atoms with E-state index in [0.717, 1.165) is 33.7 Å². The number of nitrogens with zero attached hydrogens (tertiary/aromatic N) is 2. The number of fused-ring (bicyclic) bond motifs is 1. The van der Waals surface area contributed by atoms with Crippen LogP contribution in [0.25, 0.3) is 11.1 Å². The van der Waals surface area contributed by atoms with Crippen LogP contribution in [0.4, 0.5) is 5.69 Å². The molecule has 1 aliphatic heterocycles. The maximum atomic E-state index is 12.7. The number of anilines is 1. The van der Waals surface area contributed by atoms with E-state index in [0.29, 0.717) is 18.0 Å². The van der Waals surface area contributed by atoms with Crippen LogP contribution >= 0.6 is 0 Å². The average molecular weight is 400 g/mol. The summed E-state index contributed by atoms with van der Waals surface area (Å²) < 4.78 is 11.0. The highest BCUT2D eigenvalue weighted by atomic mass is 16.5. The van der Waals surface area contributed by atoms with Crippen LogP contribution < -0.4 is 14.4 Å². The fourth-order valence-corrected chi connectivity index (χ4v) is 3.78. The van der Waals surface area contributed by atoms with Crippen LogP contribution in [-0.2, 0) is 4.79 Å².